The molecule has 0 unspecified atom stereocenters. The van der Waals surface area contributed by atoms with Crippen LogP contribution in [0.15, 0.2) is 54.7 Å². The van der Waals surface area contributed by atoms with Crippen molar-refractivity contribution in [3.63, 3.8) is 0 Å². The number of aryl methyl sites for hydroxylation is 1. The van der Waals surface area contributed by atoms with Gasteiger partial charge >= 0.3 is 0 Å². The molecule has 0 radical (unpaired) electrons. The van der Waals surface area contributed by atoms with Gasteiger partial charge in [-0.05, 0) is 31.2 Å². The third-order valence-corrected chi connectivity index (χ3v) is 3.23. The van der Waals surface area contributed by atoms with E-state index in [0.717, 1.165) is 27.8 Å². The molecule has 2 aromatic carbocycles. The Hall–Kier alpha value is -2.86. The predicted molar refractivity (Wildman–Crippen MR) is 80.9 cm³/mol. The SMILES string of the molecule is Cc1ccc(Nc2ccc(C#N)c3ccccc23)cn1. The molecular weight excluding hydrogens is 246 g/mol. The predicted octanol–water partition coefficient (Wildman–Crippen LogP) is 4.16. The van der Waals surface area contributed by atoms with E-state index in [-0.39, 0.29) is 0 Å². The molecule has 3 heteroatoms. The van der Waals surface area contributed by atoms with Crippen LogP contribution < -0.4 is 5.32 Å². The normalized spacial score (nSPS) is 10.2. The average molecular weight is 259 g/mol. The summed E-state index contributed by atoms with van der Waals surface area (Å²) in [6, 6.07) is 17.9. The van der Waals surface area contributed by atoms with Crippen molar-refractivity contribution in [2.75, 3.05) is 5.32 Å². The monoisotopic (exact) mass is 259 g/mol. The lowest BCUT2D eigenvalue weighted by Gasteiger charge is -2.10. The second kappa shape index (κ2) is 5.02. The van der Waals surface area contributed by atoms with Crippen LogP contribution in [0.25, 0.3) is 10.8 Å². The maximum atomic E-state index is 9.17. The molecule has 3 nitrogen and oxygen atoms in total. The smallest absolute Gasteiger partial charge is 0.0998 e. The fourth-order valence-electron chi connectivity index (χ4n) is 2.20. The Bertz CT molecular complexity index is 799. The summed E-state index contributed by atoms with van der Waals surface area (Å²) < 4.78 is 0. The molecule has 3 rings (SSSR count). The topological polar surface area (TPSA) is 48.7 Å². The maximum absolute atomic E-state index is 9.17. The first-order valence-electron chi connectivity index (χ1n) is 6.39. The zero-order chi connectivity index (χ0) is 13.9. The highest BCUT2D eigenvalue weighted by Gasteiger charge is 2.05. The Morgan fingerprint density at radius 2 is 1.80 bits per heavy atom. The molecule has 0 bridgehead atoms. The van der Waals surface area contributed by atoms with E-state index in [4.69, 9.17) is 5.26 Å². The minimum Gasteiger partial charge on any atom is -0.354 e. The zero-order valence-electron chi connectivity index (χ0n) is 11.1. The molecule has 0 saturated carbocycles. The van der Waals surface area contributed by atoms with Crippen LogP contribution in [0, 0.1) is 18.3 Å². The number of fused-ring (bicyclic) bond motifs is 1. The molecule has 0 aliphatic carbocycles. The summed E-state index contributed by atoms with van der Waals surface area (Å²) in [4.78, 5) is 4.27. The maximum Gasteiger partial charge on any atom is 0.0998 e. The van der Waals surface area contributed by atoms with Gasteiger partial charge in [-0.2, -0.15) is 5.26 Å². The highest BCUT2D eigenvalue weighted by Crippen LogP contribution is 2.28. The van der Waals surface area contributed by atoms with Gasteiger partial charge in [-0.1, -0.05) is 24.3 Å². The number of hydrogen-bond donors (Lipinski definition) is 1. The fourth-order valence-corrected chi connectivity index (χ4v) is 2.20. The van der Waals surface area contributed by atoms with Crippen LogP contribution in [-0.2, 0) is 0 Å². The summed E-state index contributed by atoms with van der Waals surface area (Å²) >= 11 is 0. The van der Waals surface area contributed by atoms with Crippen LogP contribution in [0.3, 0.4) is 0 Å². The van der Waals surface area contributed by atoms with Crippen LogP contribution in [0.2, 0.25) is 0 Å². The highest BCUT2D eigenvalue weighted by molar-refractivity contribution is 5.98. The van der Waals surface area contributed by atoms with Gasteiger partial charge in [0.25, 0.3) is 0 Å². The molecule has 0 amide bonds. The van der Waals surface area contributed by atoms with Crippen LogP contribution in [0.5, 0.6) is 0 Å². The summed E-state index contributed by atoms with van der Waals surface area (Å²) in [6.07, 6.45) is 1.81. The zero-order valence-corrected chi connectivity index (χ0v) is 11.1. The Morgan fingerprint density at radius 1 is 1.00 bits per heavy atom. The van der Waals surface area contributed by atoms with Gasteiger partial charge in [-0.25, -0.2) is 0 Å². The van der Waals surface area contributed by atoms with Gasteiger partial charge < -0.3 is 5.32 Å². The lowest BCUT2D eigenvalue weighted by atomic mass is 10.0. The molecule has 0 fully saturated rings. The molecule has 0 spiro atoms. The van der Waals surface area contributed by atoms with Crippen molar-refractivity contribution >= 4 is 22.1 Å². The van der Waals surface area contributed by atoms with Gasteiger partial charge in [0, 0.05) is 22.2 Å². The van der Waals surface area contributed by atoms with E-state index in [1.165, 1.54) is 0 Å². The van der Waals surface area contributed by atoms with Crippen molar-refractivity contribution in [1.29, 1.82) is 5.26 Å². The number of hydrogen-bond acceptors (Lipinski definition) is 3. The minimum atomic E-state index is 0.688. The third-order valence-electron chi connectivity index (χ3n) is 3.23. The first kappa shape index (κ1) is 12.2. The molecule has 1 aromatic heterocycles. The summed E-state index contributed by atoms with van der Waals surface area (Å²) in [7, 11) is 0. The van der Waals surface area contributed by atoms with Crippen LogP contribution in [0.1, 0.15) is 11.3 Å². The standard InChI is InChI=1S/C17H13N3/c1-12-6-8-14(11-19-12)20-17-9-7-13(10-18)15-4-2-3-5-16(15)17/h2-9,11,20H,1H3. The van der Waals surface area contributed by atoms with Crippen molar-refractivity contribution in [2.24, 2.45) is 0 Å². The number of rotatable bonds is 2. The molecular formula is C17H13N3. The molecule has 0 aliphatic rings. The van der Waals surface area contributed by atoms with Crippen molar-refractivity contribution < 1.29 is 0 Å². The fraction of sp³-hybridized carbons (Fsp3) is 0.0588. The lowest BCUT2D eigenvalue weighted by Crippen LogP contribution is -1.94. The van der Waals surface area contributed by atoms with E-state index in [1.807, 2.05) is 61.7 Å². The Balaban J connectivity index is 2.09. The molecule has 0 saturated heterocycles. The summed E-state index contributed by atoms with van der Waals surface area (Å²) in [5, 5.41) is 14.5. The molecule has 3 aromatic rings. The van der Waals surface area contributed by atoms with Gasteiger partial charge in [-0.3, -0.25) is 4.98 Å². The van der Waals surface area contributed by atoms with Crippen molar-refractivity contribution in [3.05, 3.63) is 66.0 Å². The van der Waals surface area contributed by atoms with Crippen molar-refractivity contribution in [2.45, 2.75) is 6.92 Å². The van der Waals surface area contributed by atoms with Crippen LogP contribution >= 0.6 is 0 Å². The summed E-state index contributed by atoms with van der Waals surface area (Å²) in [5.41, 5.74) is 3.59. The van der Waals surface area contributed by atoms with Gasteiger partial charge in [0.05, 0.1) is 23.5 Å². The number of nitriles is 1. The largest absolute Gasteiger partial charge is 0.354 e. The first-order chi connectivity index (χ1) is 9.78. The molecule has 0 aliphatic heterocycles. The number of aromatic nitrogens is 1. The van der Waals surface area contributed by atoms with Crippen molar-refractivity contribution in [1.82, 2.24) is 4.98 Å². The van der Waals surface area contributed by atoms with E-state index < -0.39 is 0 Å². The van der Waals surface area contributed by atoms with Gasteiger partial charge in [-0.15, -0.1) is 0 Å². The van der Waals surface area contributed by atoms with E-state index >= 15 is 0 Å². The van der Waals surface area contributed by atoms with Gasteiger partial charge in [0.15, 0.2) is 0 Å². The quantitative estimate of drug-likeness (QED) is 0.751. The Morgan fingerprint density at radius 3 is 2.50 bits per heavy atom. The average Bonchev–Trinajstić information content (AvgIpc) is 2.50. The Kier molecular flexibility index (Phi) is 3.06. The van der Waals surface area contributed by atoms with Crippen LogP contribution in [0.4, 0.5) is 11.4 Å². The number of pyridine rings is 1. The van der Waals surface area contributed by atoms with Crippen molar-refractivity contribution in [3.8, 4) is 6.07 Å². The second-order valence-corrected chi connectivity index (χ2v) is 4.63. The van der Waals surface area contributed by atoms with Gasteiger partial charge in [0.1, 0.15) is 0 Å². The molecule has 1 N–H and O–H groups in total. The lowest BCUT2D eigenvalue weighted by molar-refractivity contribution is 1.20. The first-order valence-corrected chi connectivity index (χ1v) is 6.39. The number of benzene rings is 2. The molecule has 1 heterocycles. The minimum absolute atomic E-state index is 0.688. The number of nitrogens with one attached hydrogen (secondary N) is 1. The van der Waals surface area contributed by atoms with E-state index in [2.05, 4.69) is 16.4 Å². The highest BCUT2D eigenvalue weighted by atomic mass is 14.9. The second-order valence-electron chi connectivity index (χ2n) is 4.63. The Labute approximate surface area is 117 Å². The molecule has 20 heavy (non-hydrogen) atoms. The van der Waals surface area contributed by atoms with E-state index in [0.29, 0.717) is 5.56 Å². The van der Waals surface area contributed by atoms with E-state index in [9.17, 15) is 0 Å². The summed E-state index contributed by atoms with van der Waals surface area (Å²) in [5.74, 6) is 0. The number of anilines is 2. The number of nitrogens with zero attached hydrogens (tertiary/aromatic N) is 2. The summed E-state index contributed by atoms with van der Waals surface area (Å²) in [6.45, 7) is 1.96. The molecule has 96 valence electrons. The van der Waals surface area contributed by atoms with E-state index in [1.54, 1.807) is 0 Å². The third kappa shape index (κ3) is 2.19. The van der Waals surface area contributed by atoms with Gasteiger partial charge in [0.2, 0.25) is 0 Å². The van der Waals surface area contributed by atoms with Crippen LogP contribution in [-0.4, -0.2) is 4.98 Å². The molecule has 0 atom stereocenters.